The molecule has 0 unspecified atom stereocenters. The number of carbonyl (C=O) groups is 1. The van der Waals surface area contributed by atoms with Crippen LogP contribution < -0.4 is 5.73 Å². The van der Waals surface area contributed by atoms with E-state index in [1.165, 1.54) is 10.5 Å². The molecule has 0 aliphatic carbocycles. The maximum absolute atomic E-state index is 12.2. The van der Waals surface area contributed by atoms with Crippen LogP contribution in [-0.2, 0) is 17.8 Å². The summed E-state index contributed by atoms with van der Waals surface area (Å²) in [6.07, 6.45) is 4.40. The summed E-state index contributed by atoms with van der Waals surface area (Å²) in [4.78, 5) is 15.3. The minimum Gasteiger partial charge on any atom is -0.399 e. The second-order valence-corrected chi connectivity index (χ2v) is 6.57. The van der Waals surface area contributed by atoms with Crippen molar-refractivity contribution >= 4 is 23.4 Å². The van der Waals surface area contributed by atoms with E-state index >= 15 is 0 Å². The van der Waals surface area contributed by atoms with Gasteiger partial charge in [0, 0.05) is 30.6 Å². The van der Waals surface area contributed by atoms with Gasteiger partial charge < -0.3 is 10.6 Å². The number of nitrogen functional groups attached to an aromatic ring is 1. The number of nitrogens with two attached hydrogens (primary N) is 1. The molecule has 2 aromatic carbocycles. The summed E-state index contributed by atoms with van der Waals surface area (Å²) < 4.78 is 0. The van der Waals surface area contributed by atoms with E-state index in [-0.39, 0.29) is 5.91 Å². The number of rotatable bonds is 7. The Balaban J connectivity index is 1.76. The van der Waals surface area contributed by atoms with Crippen LogP contribution in [0.25, 0.3) is 0 Å². The van der Waals surface area contributed by atoms with Crippen LogP contribution in [0, 0.1) is 0 Å². The topological polar surface area (TPSA) is 46.3 Å². The van der Waals surface area contributed by atoms with E-state index < -0.39 is 0 Å². The second-order valence-electron chi connectivity index (χ2n) is 5.69. The summed E-state index contributed by atoms with van der Waals surface area (Å²) >= 11 is 1.72. The van der Waals surface area contributed by atoms with Gasteiger partial charge in [0.1, 0.15) is 0 Å². The molecule has 2 rings (SSSR count). The highest BCUT2D eigenvalue weighted by atomic mass is 32.2. The van der Waals surface area contributed by atoms with Gasteiger partial charge in [-0.3, -0.25) is 4.79 Å². The number of amides is 1. The molecule has 122 valence electrons. The molecule has 0 saturated carbocycles. The molecular formula is C19H24N2OS. The van der Waals surface area contributed by atoms with Crippen LogP contribution in [-0.4, -0.2) is 24.1 Å². The lowest BCUT2D eigenvalue weighted by Gasteiger charge is -2.17. The van der Waals surface area contributed by atoms with Gasteiger partial charge in [0.2, 0.25) is 5.91 Å². The quantitative estimate of drug-likeness (QED) is 0.618. The molecule has 0 aliphatic heterocycles. The Morgan fingerprint density at radius 2 is 1.65 bits per heavy atom. The summed E-state index contributed by atoms with van der Waals surface area (Å²) in [5.41, 5.74) is 8.84. The molecule has 0 spiro atoms. The highest BCUT2D eigenvalue weighted by molar-refractivity contribution is 7.98. The summed E-state index contributed by atoms with van der Waals surface area (Å²) in [6, 6.07) is 16.2. The maximum atomic E-state index is 12.2. The summed E-state index contributed by atoms with van der Waals surface area (Å²) in [5, 5.41) is 0. The number of anilines is 1. The summed E-state index contributed by atoms with van der Waals surface area (Å²) in [6.45, 7) is 0.662. The summed E-state index contributed by atoms with van der Waals surface area (Å²) in [5.74, 6) is 0.189. The van der Waals surface area contributed by atoms with Gasteiger partial charge in [-0.25, -0.2) is 0 Å². The Hall–Kier alpha value is -1.94. The molecule has 0 fully saturated rings. The SMILES string of the molecule is CSc1ccc(CN(C)C(=O)CCCc2ccc(N)cc2)cc1. The zero-order chi connectivity index (χ0) is 16.7. The minimum absolute atomic E-state index is 0.189. The molecule has 23 heavy (non-hydrogen) atoms. The lowest BCUT2D eigenvalue weighted by atomic mass is 10.1. The van der Waals surface area contributed by atoms with E-state index in [0.29, 0.717) is 13.0 Å². The Bertz CT molecular complexity index is 623. The highest BCUT2D eigenvalue weighted by Crippen LogP contribution is 2.16. The number of hydrogen-bond donors (Lipinski definition) is 1. The van der Waals surface area contributed by atoms with Gasteiger partial charge in [-0.15, -0.1) is 11.8 Å². The maximum Gasteiger partial charge on any atom is 0.222 e. The van der Waals surface area contributed by atoms with Crippen molar-refractivity contribution < 1.29 is 4.79 Å². The smallest absolute Gasteiger partial charge is 0.222 e. The molecule has 0 atom stereocenters. The molecule has 3 nitrogen and oxygen atoms in total. The molecule has 0 saturated heterocycles. The average molecular weight is 328 g/mol. The number of thioether (sulfide) groups is 1. The van der Waals surface area contributed by atoms with Gasteiger partial charge in [0.05, 0.1) is 0 Å². The molecule has 0 heterocycles. The lowest BCUT2D eigenvalue weighted by molar-refractivity contribution is -0.130. The molecule has 2 N–H and O–H groups in total. The van der Waals surface area contributed by atoms with Crippen LogP contribution in [0.2, 0.25) is 0 Å². The highest BCUT2D eigenvalue weighted by Gasteiger charge is 2.09. The Morgan fingerprint density at radius 1 is 1.04 bits per heavy atom. The van der Waals surface area contributed by atoms with E-state index in [2.05, 4.69) is 30.5 Å². The predicted octanol–water partition coefficient (Wildman–Crippen LogP) is 3.97. The van der Waals surface area contributed by atoms with E-state index in [9.17, 15) is 4.79 Å². The predicted molar refractivity (Wildman–Crippen MR) is 98.5 cm³/mol. The molecule has 0 aliphatic rings. The molecule has 0 radical (unpaired) electrons. The van der Waals surface area contributed by atoms with Crippen molar-refractivity contribution in [3.05, 3.63) is 59.7 Å². The monoisotopic (exact) mass is 328 g/mol. The molecule has 0 bridgehead atoms. The third-order valence-electron chi connectivity index (χ3n) is 3.84. The zero-order valence-electron chi connectivity index (χ0n) is 13.8. The van der Waals surface area contributed by atoms with Gasteiger partial charge in [-0.1, -0.05) is 24.3 Å². The second kappa shape index (κ2) is 8.63. The van der Waals surface area contributed by atoms with E-state index in [4.69, 9.17) is 5.73 Å². The van der Waals surface area contributed by atoms with Crippen LogP contribution in [0.15, 0.2) is 53.4 Å². The number of aryl methyl sites for hydroxylation is 1. The van der Waals surface area contributed by atoms with Crippen LogP contribution >= 0.6 is 11.8 Å². The van der Waals surface area contributed by atoms with Crippen molar-refractivity contribution in [2.45, 2.75) is 30.7 Å². The first-order valence-electron chi connectivity index (χ1n) is 7.80. The van der Waals surface area contributed by atoms with Crippen molar-refractivity contribution in [2.24, 2.45) is 0 Å². The van der Waals surface area contributed by atoms with Crippen LogP contribution in [0.3, 0.4) is 0 Å². The van der Waals surface area contributed by atoms with E-state index in [1.807, 2.05) is 31.3 Å². The molecule has 2 aromatic rings. The average Bonchev–Trinajstić information content (AvgIpc) is 2.57. The van der Waals surface area contributed by atoms with Crippen molar-refractivity contribution in [3.63, 3.8) is 0 Å². The van der Waals surface area contributed by atoms with Gasteiger partial charge >= 0.3 is 0 Å². The van der Waals surface area contributed by atoms with Crippen LogP contribution in [0.4, 0.5) is 5.69 Å². The van der Waals surface area contributed by atoms with Crippen LogP contribution in [0.5, 0.6) is 0 Å². The molecule has 0 aromatic heterocycles. The zero-order valence-corrected chi connectivity index (χ0v) is 14.6. The van der Waals surface area contributed by atoms with Crippen molar-refractivity contribution in [1.82, 2.24) is 4.90 Å². The third-order valence-corrected chi connectivity index (χ3v) is 4.58. The standard InChI is InChI=1S/C19H24N2OS/c1-21(14-16-8-12-18(23-2)13-9-16)19(22)5-3-4-15-6-10-17(20)11-7-15/h6-13H,3-5,14,20H2,1-2H3. The molecule has 4 heteroatoms. The van der Waals surface area contributed by atoms with Gasteiger partial charge in [-0.05, 0) is 54.5 Å². The van der Waals surface area contributed by atoms with Crippen molar-refractivity contribution in [1.29, 1.82) is 0 Å². The van der Waals surface area contributed by atoms with Gasteiger partial charge in [-0.2, -0.15) is 0 Å². The minimum atomic E-state index is 0.189. The molecule has 1 amide bonds. The number of carbonyl (C=O) groups excluding carboxylic acids is 1. The number of nitrogens with zero attached hydrogens (tertiary/aromatic N) is 1. The largest absolute Gasteiger partial charge is 0.399 e. The van der Waals surface area contributed by atoms with E-state index in [0.717, 1.165) is 24.1 Å². The van der Waals surface area contributed by atoms with E-state index in [1.54, 1.807) is 16.7 Å². The normalized spacial score (nSPS) is 10.5. The first-order chi connectivity index (χ1) is 11.1. The van der Waals surface area contributed by atoms with Gasteiger partial charge in [0.15, 0.2) is 0 Å². The van der Waals surface area contributed by atoms with Gasteiger partial charge in [0.25, 0.3) is 0 Å². The lowest BCUT2D eigenvalue weighted by Crippen LogP contribution is -2.25. The molecular weight excluding hydrogens is 304 g/mol. The van der Waals surface area contributed by atoms with Crippen molar-refractivity contribution in [3.8, 4) is 0 Å². The summed E-state index contributed by atoms with van der Waals surface area (Å²) in [7, 11) is 1.87. The number of benzene rings is 2. The third kappa shape index (κ3) is 5.64. The van der Waals surface area contributed by atoms with Crippen molar-refractivity contribution in [2.75, 3.05) is 19.0 Å². The Morgan fingerprint density at radius 3 is 2.26 bits per heavy atom. The Kier molecular flexibility index (Phi) is 6.53. The fourth-order valence-corrected chi connectivity index (χ4v) is 2.82. The first-order valence-corrected chi connectivity index (χ1v) is 9.02. The number of hydrogen-bond acceptors (Lipinski definition) is 3. The van der Waals surface area contributed by atoms with Crippen LogP contribution in [0.1, 0.15) is 24.0 Å². The fraction of sp³-hybridized carbons (Fsp3) is 0.316. The first kappa shape index (κ1) is 17.4. The fourth-order valence-electron chi connectivity index (χ4n) is 2.41. The Labute approximate surface area is 142 Å².